The van der Waals surface area contributed by atoms with Crippen LogP contribution >= 0.6 is 0 Å². The van der Waals surface area contributed by atoms with Crippen LogP contribution in [0.15, 0.2) is 0 Å². The molecule has 0 spiro atoms. The zero-order valence-corrected chi connectivity index (χ0v) is 11.2. The Kier molecular flexibility index (Phi) is 4.76. The summed E-state index contributed by atoms with van der Waals surface area (Å²) in [5.41, 5.74) is 0. The molecule has 1 fully saturated rings. The van der Waals surface area contributed by atoms with Crippen molar-refractivity contribution in [1.82, 2.24) is 4.90 Å². The van der Waals surface area contributed by atoms with Crippen LogP contribution in [-0.4, -0.2) is 56.2 Å². The summed E-state index contributed by atoms with van der Waals surface area (Å²) in [6, 6.07) is 0.137. The molecule has 0 aromatic rings. The Balaban J connectivity index is 2.50. The Hall–Kier alpha value is -0.130. The van der Waals surface area contributed by atoms with Gasteiger partial charge in [0, 0.05) is 19.2 Å². The molecule has 1 aliphatic heterocycles. The summed E-state index contributed by atoms with van der Waals surface area (Å²) in [5, 5.41) is 9.25. The lowest BCUT2D eigenvalue weighted by Crippen LogP contribution is -2.38. The van der Waals surface area contributed by atoms with Crippen molar-refractivity contribution >= 4 is 9.84 Å². The van der Waals surface area contributed by atoms with E-state index in [4.69, 9.17) is 0 Å². The van der Waals surface area contributed by atoms with E-state index >= 15 is 0 Å². The summed E-state index contributed by atoms with van der Waals surface area (Å²) in [4.78, 5) is 2.09. The van der Waals surface area contributed by atoms with Crippen LogP contribution in [0.2, 0.25) is 0 Å². The van der Waals surface area contributed by atoms with Crippen molar-refractivity contribution in [2.75, 3.05) is 31.7 Å². The minimum Gasteiger partial charge on any atom is -0.396 e. The Morgan fingerprint density at radius 1 is 1.44 bits per heavy atom. The molecule has 5 heteroatoms. The number of hydrogen-bond donors (Lipinski definition) is 1. The fourth-order valence-corrected chi connectivity index (χ4v) is 3.93. The van der Waals surface area contributed by atoms with E-state index in [0.717, 1.165) is 13.0 Å². The molecule has 1 N–H and O–H groups in total. The van der Waals surface area contributed by atoms with Gasteiger partial charge in [0.15, 0.2) is 9.84 Å². The van der Waals surface area contributed by atoms with Gasteiger partial charge in [-0.05, 0) is 25.3 Å². The van der Waals surface area contributed by atoms with E-state index < -0.39 is 9.84 Å². The number of sulfone groups is 1. The largest absolute Gasteiger partial charge is 0.396 e. The van der Waals surface area contributed by atoms with Crippen LogP contribution in [0.3, 0.4) is 0 Å². The molecule has 0 radical (unpaired) electrons. The van der Waals surface area contributed by atoms with Crippen molar-refractivity contribution in [1.29, 1.82) is 0 Å². The van der Waals surface area contributed by atoms with Gasteiger partial charge in [0.1, 0.15) is 0 Å². The van der Waals surface area contributed by atoms with E-state index in [1.165, 1.54) is 0 Å². The number of aliphatic hydroxyl groups is 1. The van der Waals surface area contributed by atoms with Gasteiger partial charge < -0.3 is 10.0 Å². The number of aliphatic hydroxyl groups excluding tert-OH is 1. The molecule has 2 unspecified atom stereocenters. The van der Waals surface area contributed by atoms with Crippen molar-refractivity contribution < 1.29 is 13.5 Å². The van der Waals surface area contributed by atoms with Crippen molar-refractivity contribution in [2.45, 2.75) is 26.3 Å². The zero-order valence-electron chi connectivity index (χ0n) is 10.4. The molecule has 0 aromatic carbocycles. The quantitative estimate of drug-likeness (QED) is 0.765. The van der Waals surface area contributed by atoms with Crippen molar-refractivity contribution in [2.24, 2.45) is 11.8 Å². The molecular formula is C11H23NO3S. The second-order valence-electron chi connectivity index (χ2n) is 5.18. The molecule has 0 aromatic heterocycles. The molecule has 0 amide bonds. The van der Waals surface area contributed by atoms with Gasteiger partial charge in [0.05, 0.1) is 11.5 Å². The first-order chi connectivity index (χ1) is 7.35. The SMILES string of the molecule is CC(C)C(CO)CN(C)C1CCS(=O)(=O)C1. The minimum atomic E-state index is -2.81. The molecule has 0 aliphatic carbocycles. The van der Waals surface area contributed by atoms with E-state index in [0.29, 0.717) is 11.7 Å². The molecule has 96 valence electrons. The zero-order chi connectivity index (χ0) is 12.3. The predicted molar refractivity (Wildman–Crippen MR) is 65.1 cm³/mol. The van der Waals surface area contributed by atoms with Gasteiger partial charge in [0.2, 0.25) is 0 Å². The third-order valence-electron chi connectivity index (χ3n) is 3.53. The van der Waals surface area contributed by atoms with Gasteiger partial charge in [0.25, 0.3) is 0 Å². The Bertz CT molecular complexity index is 313. The fraction of sp³-hybridized carbons (Fsp3) is 1.00. The normalized spacial score (nSPS) is 26.5. The summed E-state index contributed by atoms with van der Waals surface area (Å²) < 4.78 is 22.7. The highest BCUT2D eigenvalue weighted by atomic mass is 32.2. The van der Waals surface area contributed by atoms with Gasteiger partial charge >= 0.3 is 0 Å². The van der Waals surface area contributed by atoms with E-state index in [1.807, 2.05) is 7.05 Å². The lowest BCUT2D eigenvalue weighted by Gasteiger charge is -2.29. The van der Waals surface area contributed by atoms with Crippen molar-refractivity contribution in [3.63, 3.8) is 0 Å². The van der Waals surface area contributed by atoms with Crippen LogP contribution in [0, 0.1) is 11.8 Å². The first-order valence-electron chi connectivity index (χ1n) is 5.87. The number of nitrogens with zero attached hydrogens (tertiary/aromatic N) is 1. The smallest absolute Gasteiger partial charge is 0.151 e. The standard InChI is InChI=1S/C11H23NO3S/c1-9(2)10(7-13)6-12(3)11-4-5-16(14,15)8-11/h9-11,13H,4-8H2,1-3H3. The summed E-state index contributed by atoms with van der Waals surface area (Å²) in [6.07, 6.45) is 0.731. The second kappa shape index (κ2) is 5.47. The van der Waals surface area contributed by atoms with E-state index in [-0.39, 0.29) is 24.3 Å². The first-order valence-corrected chi connectivity index (χ1v) is 7.69. The fourth-order valence-electron chi connectivity index (χ4n) is 2.12. The number of rotatable bonds is 5. The highest BCUT2D eigenvalue weighted by molar-refractivity contribution is 7.91. The first kappa shape index (κ1) is 13.9. The van der Waals surface area contributed by atoms with E-state index in [2.05, 4.69) is 18.7 Å². The highest BCUT2D eigenvalue weighted by Gasteiger charge is 2.31. The van der Waals surface area contributed by atoms with E-state index in [9.17, 15) is 13.5 Å². The lowest BCUT2D eigenvalue weighted by atomic mass is 9.96. The molecular weight excluding hydrogens is 226 g/mol. The maximum absolute atomic E-state index is 11.4. The molecule has 4 nitrogen and oxygen atoms in total. The monoisotopic (exact) mass is 249 g/mol. The van der Waals surface area contributed by atoms with Gasteiger partial charge in [-0.1, -0.05) is 13.8 Å². The second-order valence-corrected chi connectivity index (χ2v) is 7.41. The van der Waals surface area contributed by atoms with Crippen LogP contribution in [-0.2, 0) is 9.84 Å². The molecule has 1 rings (SSSR count). The lowest BCUT2D eigenvalue weighted by molar-refractivity contribution is 0.129. The summed E-state index contributed by atoms with van der Waals surface area (Å²) in [5.74, 6) is 1.24. The minimum absolute atomic E-state index is 0.137. The molecule has 0 bridgehead atoms. The van der Waals surface area contributed by atoms with Crippen molar-refractivity contribution in [3.8, 4) is 0 Å². The molecule has 1 saturated heterocycles. The Labute approximate surface area is 98.6 Å². The molecule has 1 aliphatic rings. The summed E-state index contributed by atoms with van der Waals surface area (Å²) in [6.45, 7) is 5.11. The molecule has 16 heavy (non-hydrogen) atoms. The highest BCUT2D eigenvalue weighted by Crippen LogP contribution is 2.19. The number of hydrogen-bond acceptors (Lipinski definition) is 4. The molecule has 0 saturated carbocycles. The third kappa shape index (κ3) is 3.71. The molecule has 2 atom stereocenters. The Morgan fingerprint density at radius 2 is 2.06 bits per heavy atom. The van der Waals surface area contributed by atoms with Gasteiger partial charge in [-0.25, -0.2) is 8.42 Å². The van der Waals surface area contributed by atoms with Crippen LogP contribution < -0.4 is 0 Å². The topological polar surface area (TPSA) is 57.6 Å². The Morgan fingerprint density at radius 3 is 2.44 bits per heavy atom. The average molecular weight is 249 g/mol. The van der Waals surface area contributed by atoms with Crippen LogP contribution in [0.25, 0.3) is 0 Å². The van der Waals surface area contributed by atoms with Crippen LogP contribution in [0.5, 0.6) is 0 Å². The maximum atomic E-state index is 11.4. The van der Waals surface area contributed by atoms with Crippen molar-refractivity contribution in [3.05, 3.63) is 0 Å². The van der Waals surface area contributed by atoms with Crippen LogP contribution in [0.4, 0.5) is 0 Å². The predicted octanol–water partition coefficient (Wildman–Crippen LogP) is 0.370. The summed E-state index contributed by atoms with van der Waals surface area (Å²) >= 11 is 0. The van der Waals surface area contributed by atoms with Gasteiger partial charge in [-0.3, -0.25) is 0 Å². The maximum Gasteiger partial charge on any atom is 0.151 e. The summed E-state index contributed by atoms with van der Waals surface area (Å²) in [7, 11) is -0.853. The van der Waals surface area contributed by atoms with Gasteiger partial charge in [-0.15, -0.1) is 0 Å². The third-order valence-corrected chi connectivity index (χ3v) is 5.28. The average Bonchev–Trinajstić information content (AvgIpc) is 2.54. The molecule has 1 heterocycles. The van der Waals surface area contributed by atoms with Gasteiger partial charge in [-0.2, -0.15) is 0 Å². The van der Waals surface area contributed by atoms with Crippen LogP contribution in [0.1, 0.15) is 20.3 Å². The van der Waals surface area contributed by atoms with E-state index in [1.54, 1.807) is 0 Å².